The zero-order valence-corrected chi connectivity index (χ0v) is 11.4. The fourth-order valence-electron chi connectivity index (χ4n) is 2.19. The van der Waals surface area contributed by atoms with Crippen LogP contribution in [0.15, 0.2) is 18.2 Å². The highest BCUT2D eigenvalue weighted by Gasteiger charge is 2.28. The van der Waals surface area contributed by atoms with Gasteiger partial charge < -0.3 is 20.4 Å². The van der Waals surface area contributed by atoms with Gasteiger partial charge in [-0.15, -0.1) is 0 Å². The van der Waals surface area contributed by atoms with Crippen LogP contribution in [0.25, 0.3) is 0 Å². The molecule has 0 aliphatic heterocycles. The lowest BCUT2D eigenvalue weighted by molar-refractivity contribution is 0.0696. The highest BCUT2D eigenvalue weighted by molar-refractivity contribution is 5.92. The number of aliphatic hydroxyl groups is 1. The first-order valence-corrected chi connectivity index (χ1v) is 6.74. The molecule has 0 unspecified atom stereocenters. The molecule has 114 valence electrons. The molecule has 0 heterocycles. The Morgan fingerprint density at radius 2 is 2.10 bits per heavy atom. The molecular weight excluding hydrogens is 279 g/mol. The lowest BCUT2D eigenvalue weighted by Crippen LogP contribution is -2.47. The van der Waals surface area contributed by atoms with Crippen LogP contribution < -0.4 is 5.32 Å². The highest BCUT2D eigenvalue weighted by atomic mass is 19.1. The largest absolute Gasteiger partial charge is 0.478 e. The van der Waals surface area contributed by atoms with Crippen LogP contribution >= 0.6 is 0 Å². The number of aliphatic hydroxyl groups excluding tert-OH is 1. The van der Waals surface area contributed by atoms with Gasteiger partial charge in [0.25, 0.3) is 0 Å². The Kier molecular flexibility index (Phi) is 4.74. The topological polar surface area (TPSA) is 89.9 Å². The van der Waals surface area contributed by atoms with Crippen LogP contribution in [0.5, 0.6) is 0 Å². The molecule has 0 atom stereocenters. The Hall–Kier alpha value is -2.15. The number of urea groups is 1. The lowest BCUT2D eigenvalue weighted by Gasteiger charge is -2.37. The molecule has 21 heavy (non-hydrogen) atoms. The van der Waals surface area contributed by atoms with Crippen molar-refractivity contribution in [3.05, 3.63) is 29.6 Å². The first kappa shape index (κ1) is 15.2. The molecule has 0 bridgehead atoms. The summed E-state index contributed by atoms with van der Waals surface area (Å²) >= 11 is 0. The summed E-state index contributed by atoms with van der Waals surface area (Å²) in [4.78, 5) is 24.3. The number of carbonyl (C=O) groups is 2. The van der Waals surface area contributed by atoms with Gasteiger partial charge in [0, 0.05) is 12.6 Å². The number of carbonyl (C=O) groups excluding carboxylic acids is 1. The van der Waals surface area contributed by atoms with Gasteiger partial charge in [-0.3, -0.25) is 0 Å². The number of nitrogens with zero attached hydrogens (tertiary/aromatic N) is 1. The van der Waals surface area contributed by atoms with Crippen molar-refractivity contribution < 1.29 is 24.2 Å². The van der Waals surface area contributed by atoms with Gasteiger partial charge in [0.2, 0.25) is 0 Å². The number of halogens is 1. The fraction of sp³-hybridized carbons (Fsp3) is 0.429. The van der Waals surface area contributed by atoms with Gasteiger partial charge in [-0.1, -0.05) is 0 Å². The Balaban J connectivity index is 2.08. The zero-order valence-electron chi connectivity index (χ0n) is 11.4. The van der Waals surface area contributed by atoms with E-state index in [0.29, 0.717) is 0 Å². The minimum absolute atomic E-state index is 0.0681. The highest BCUT2D eigenvalue weighted by Crippen LogP contribution is 2.25. The van der Waals surface area contributed by atoms with Crippen molar-refractivity contribution in [2.75, 3.05) is 18.5 Å². The molecule has 0 radical (unpaired) electrons. The number of hydrogen-bond acceptors (Lipinski definition) is 3. The number of nitrogens with one attached hydrogen (secondary N) is 1. The number of carboxylic acids is 1. The molecule has 1 saturated carbocycles. The fourth-order valence-corrected chi connectivity index (χ4v) is 2.19. The third-order valence-electron chi connectivity index (χ3n) is 3.57. The van der Waals surface area contributed by atoms with E-state index in [0.717, 1.165) is 25.3 Å². The van der Waals surface area contributed by atoms with E-state index in [1.54, 1.807) is 0 Å². The number of aromatic carboxylic acids is 1. The maximum atomic E-state index is 13.8. The molecule has 1 fully saturated rings. The molecule has 3 N–H and O–H groups in total. The second-order valence-electron chi connectivity index (χ2n) is 4.93. The van der Waals surface area contributed by atoms with Crippen molar-refractivity contribution in [1.82, 2.24) is 4.90 Å². The number of benzene rings is 1. The van der Waals surface area contributed by atoms with Gasteiger partial charge >= 0.3 is 12.0 Å². The maximum absolute atomic E-state index is 13.8. The molecule has 1 aliphatic carbocycles. The smallest absolute Gasteiger partial charge is 0.335 e. The predicted octanol–water partition coefficient (Wildman–Crippen LogP) is 1.90. The standard InChI is InChI=1S/C14H17FN2O4/c15-11-8-9(13(19)20)4-5-12(11)16-14(21)17(6-7-18)10-2-1-3-10/h4-5,8,10,18H,1-3,6-7H2,(H,16,21)(H,19,20). The minimum Gasteiger partial charge on any atom is -0.478 e. The zero-order chi connectivity index (χ0) is 15.4. The molecule has 1 aromatic rings. The molecule has 7 heteroatoms. The monoisotopic (exact) mass is 296 g/mol. The van der Waals surface area contributed by atoms with Crippen molar-refractivity contribution in [1.29, 1.82) is 0 Å². The predicted molar refractivity (Wildman–Crippen MR) is 73.8 cm³/mol. The first-order chi connectivity index (χ1) is 10.0. The number of rotatable bonds is 5. The van der Waals surface area contributed by atoms with Crippen LogP contribution in [0.1, 0.15) is 29.6 Å². The molecule has 0 aromatic heterocycles. The molecule has 0 spiro atoms. The number of anilines is 1. The Bertz CT molecular complexity index is 546. The van der Waals surface area contributed by atoms with Gasteiger partial charge in [-0.05, 0) is 37.5 Å². The molecule has 6 nitrogen and oxygen atoms in total. The Morgan fingerprint density at radius 3 is 2.57 bits per heavy atom. The van der Waals surface area contributed by atoms with E-state index in [9.17, 15) is 14.0 Å². The second-order valence-corrected chi connectivity index (χ2v) is 4.93. The van der Waals surface area contributed by atoms with E-state index >= 15 is 0 Å². The van der Waals surface area contributed by atoms with E-state index in [-0.39, 0.29) is 30.4 Å². The summed E-state index contributed by atoms with van der Waals surface area (Å²) in [5.74, 6) is -2.04. The number of hydrogen-bond donors (Lipinski definition) is 3. The van der Waals surface area contributed by atoms with Crippen molar-refractivity contribution in [2.45, 2.75) is 25.3 Å². The van der Waals surface area contributed by atoms with E-state index in [1.165, 1.54) is 17.0 Å². The summed E-state index contributed by atoms with van der Waals surface area (Å²) in [7, 11) is 0. The van der Waals surface area contributed by atoms with E-state index in [2.05, 4.69) is 5.32 Å². The summed E-state index contributed by atoms with van der Waals surface area (Å²) in [6.07, 6.45) is 2.77. The maximum Gasteiger partial charge on any atom is 0.335 e. The number of amides is 2. The SMILES string of the molecule is O=C(O)c1ccc(NC(=O)N(CCO)C2CCC2)c(F)c1. The average Bonchev–Trinajstić information content (AvgIpc) is 2.38. The summed E-state index contributed by atoms with van der Waals surface area (Å²) in [5, 5.41) is 20.2. The molecule has 2 amide bonds. The van der Waals surface area contributed by atoms with E-state index < -0.39 is 17.8 Å². The van der Waals surface area contributed by atoms with Crippen LogP contribution in [-0.4, -0.2) is 46.3 Å². The minimum atomic E-state index is -1.23. The van der Waals surface area contributed by atoms with Gasteiger partial charge in [-0.25, -0.2) is 14.0 Å². The van der Waals surface area contributed by atoms with E-state index in [4.69, 9.17) is 10.2 Å². The third kappa shape index (κ3) is 3.49. The van der Waals surface area contributed by atoms with Crippen LogP contribution in [0.2, 0.25) is 0 Å². The first-order valence-electron chi connectivity index (χ1n) is 6.74. The summed E-state index contributed by atoms with van der Waals surface area (Å²) in [5.41, 5.74) is -0.260. The van der Waals surface area contributed by atoms with Gasteiger partial charge in [-0.2, -0.15) is 0 Å². The molecular formula is C14H17FN2O4. The molecule has 2 rings (SSSR count). The van der Waals surface area contributed by atoms with Crippen LogP contribution in [0.3, 0.4) is 0 Å². The summed E-state index contributed by atoms with van der Waals surface area (Å²) in [6.45, 7) is 0.0235. The molecule has 1 aromatic carbocycles. The van der Waals surface area contributed by atoms with Crippen LogP contribution in [0, 0.1) is 5.82 Å². The third-order valence-corrected chi connectivity index (χ3v) is 3.57. The van der Waals surface area contributed by atoms with Crippen molar-refractivity contribution >= 4 is 17.7 Å². The van der Waals surface area contributed by atoms with Crippen LogP contribution in [-0.2, 0) is 0 Å². The van der Waals surface area contributed by atoms with E-state index in [1.807, 2.05) is 0 Å². The Labute approximate surface area is 121 Å². The van der Waals surface area contributed by atoms with Gasteiger partial charge in [0.1, 0.15) is 5.82 Å². The van der Waals surface area contributed by atoms with Crippen molar-refractivity contribution in [2.24, 2.45) is 0 Å². The van der Waals surface area contributed by atoms with Crippen LogP contribution in [0.4, 0.5) is 14.9 Å². The average molecular weight is 296 g/mol. The van der Waals surface area contributed by atoms with Gasteiger partial charge in [0.05, 0.1) is 17.9 Å². The molecule has 0 saturated heterocycles. The van der Waals surface area contributed by atoms with Crippen molar-refractivity contribution in [3.63, 3.8) is 0 Å². The number of carboxylic acid groups (broad SMARTS) is 1. The van der Waals surface area contributed by atoms with Crippen molar-refractivity contribution in [3.8, 4) is 0 Å². The second kappa shape index (κ2) is 6.53. The summed E-state index contributed by atoms with van der Waals surface area (Å²) in [6, 6.07) is 2.88. The van der Waals surface area contributed by atoms with Gasteiger partial charge in [0.15, 0.2) is 0 Å². The summed E-state index contributed by atoms with van der Waals surface area (Å²) < 4.78 is 13.8. The quantitative estimate of drug-likeness (QED) is 0.774. The molecule has 1 aliphatic rings. The normalized spacial score (nSPS) is 14.4. The Morgan fingerprint density at radius 1 is 1.38 bits per heavy atom. The lowest BCUT2D eigenvalue weighted by atomic mass is 9.92.